The number of carboxylic acid groups (broad SMARTS) is 1. The van der Waals surface area contributed by atoms with Gasteiger partial charge in [-0.05, 0) is 109 Å². The average Bonchev–Trinajstić information content (AvgIpc) is 3.06. The molecule has 5 aromatic rings. The minimum absolute atomic E-state index is 0.00880. The van der Waals surface area contributed by atoms with Crippen molar-refractivity contribution in [1.29, 1.82) is 0 Å². The van der Waals surface area contributed by atoms with Crippen LogP contribution in [0.25, 0.3) is 10.8 Å². The van der Waals surface area contributed by atoms with Gasteiger partial charge in [0.1, 0.15) is 17.2 Å². The summed E-state index contributed by atoms with van der Waals surface area (Å²) in [4.78, 5) is 24.4. The lowest BCUT2D eigenvalue weighted by molar-refractivity contribution is 0.0698. The van der Waals surface area contributed by atoms with Gasteiger partial charge in [0.15, 0.2) is 0 Å². The van der Waals surface area contributed by atoms with Crippen LogP contribution in [-0.4, -0.2) is 37.5 Å². The molecular weight excluding hydrogens is 604 g/mol. The molecule has 46 heavy (non-hydrogen) atoms. The van der Waals surface area contributed by atoms with Crippen LogP contribution in [0.2, 0.25) is 0 Å². The van der Waals surface area contributed by atoms with Gasteiger partial charge in [0, 0.05) is 11.6 Å². The number of sulfonamides is 1. The summed E-state index contributed by atoms with van der Waals surface area (Å²) in [6.45, 7) is 0. The van der Waals surface area contributed by atoms with Crippen LogP contribution in [0.4, 0.5) is 5.69 Å². The summed E-state index contributed by atoms with van der Waals surface area (Å²) >= 11 is 0. The van der Waals surface area contributed by atoms with E-state index < -0.39 is 21.9 Å². The third-order valence-corrected chi connectivity index (χ3v) is 9.43. The lowest BCUT2D eigenvalue weighted by Gasteiger charge is -2.29. The number of nitrogens with one attached hydrogen (secondary N) is 2. The zero-order valence-corrected chi connectivity index (χ0v) is 25.6. The number of aromatic carboxylic acids is 1. The Kier molecular flexibility index (Phi) is 9.00. The summed E-state index contributed by atoms with van der Waals surface area (Å²) < 4.78 is 40.5. The number of fused-ring (bicyclic) bond motifs is 1. The van der Waals surface area contributed by atoms with Crippen molar-refractivity contribution < 1.29 is 32.6 Å². The number of hydrogen-bond acceptors (Lipinski definition) is 6. The third-order valence-electron chi connectivity index (χ3n) is 7.89. The van der Waals surface area contributed by atoms with E-state index in [1.807, 2.05) is 36.4 Å². The maximum atomic E-state index is 12.7. The lowest BCUT2D eigenvalue weighted by atomic mass is 9.93. The Morgan fingerprint density at radius 1 is 0.696 bits per heavy atom. The Hall–Kier alpha value is -5.19. The van der Waals surface area contributed by atoms with E-state index >= 15 is 0 Å². The van der Waals surface area contributed by atoms with E-state index in [1.54, 1.807) is 72.8 Å². The van der Waals surface area contributed by atoms with Gasteiger partial charge in [-0.1, -0.05) is 42.5 Å². The van der Waals surface area contributed by atoms with Crippen molar-refractivity contribution in [3.05, 3.63) is 126 Å². The Morgan fingerprint density at radius 2 is 1.30 bits per heavy atom. The molecule has 0 heterocycles. The highest BCUT2D eigenvalue weighted by Gasteiger charge is 2.26. The second-order valence-corrected chi connectivity index (χ2v) is 12.8. The van der Waals surface area contributed by atoms with Gasteiger partial charge < -0.3 is 19.9 Å². The molecule has 0 unspecified atom stereocenters. The summed E-state index contributed by atoms with van der Waals surface area (Å²) in [7, 11) is -3.54. The number of rotatable bonds is 10. The summed E-state index contributed by atoms with van der Waals surface area (Å²) in [5.41, 5.74) is 0.600. The second-order valence-electron chi connectivity index (χ2n) is 11.1. The molecule has 1 aliphatic rings. The van der Waals surface area contributed by atoms with E-state index in [2.05, 4.69) is 10.0 Å². The molecule has 1 fully saturated rings. The fraction of sp³-hybridized carbons (Fsp3) is 0.167. The predicted octanol–water partition coefficient (Wildman–Crippen LogP) is 7.25. The topological polar surface area (TPSA) is 131 Å². The fourth-order valence-electron chi connectivity index (χ4n) is 5.50. The smallest absolute Gasteiger partial charge is 0.337 e. The van der Waals surface area contributed by atoms with Crippen molar-refractivity contribution in [2.24, 2.45) is 0 Å². The molecule has 1 aliphatic carbocycles. The second kappa shape index (κ2) is 13.4. The number of carbonyl (C=O) groups is 2. The number of ether oxygens (including phenoxy) is 2. The van der Waals surface area contributed by atoms with Crippen molar-refractivity contribution in [3.63, 3.8) is 0 Å². The summed E-state index contributed by atoms with van der Waals surface area (Å²) in [5.74, 6) is 0.387. The van der Waals surface area contributed by atoms with E-state index in [9.17, 15) is 23.1 Å². The molecule has 234 valence electrons. The molecule has 0 atom stereocenters. The minimum Gasteiger partial charge on any atom is -0.490 e. The van der Waals surface area contributed by atoms with Crippen LogP contribution < -0.4 is 19.5 Å². The van der Waals surface area contributed by atoms with Crippen molar-refractivity contribution in [2.75, 3.05) is 5.32 Å². The first-order chi connectivity index (χ1) is 22.2. The zero-order chi connectivity index (χ0) is 32.1. The van der Waals surface area contributed by atoms with Gasteiger partial charge in [-0.2, -0.15) is 0 Å². The molecule has 0 radical (unpaired) electrons. The maximum absolute atomic E-state index is 12.7. The molecule has 1 amide bonds. The standard InChI is InChI=1S/C36H32N2O7S/c39-35(37-34-9-5-4-8-33(34)36(40)41)24-10-16-28(17-11-24)44-30-18-12-26-23-31(19-13-25(26)22-30)45-29-20-14-27(15-21-29)38-46(42,43)32-6-2-1-3-7-32/h1-13,16-19,22-23,27,29,38H,14-15,20-21H2,(H,37,39)(H,40,41). The third kappa shape index (κ3) is 7.36. The van der Waals surface area contributed by atoms with Crippen LogP contribution in [0.5, 0.6) is 17.2 Å². The fourth-order valence-corrected chi connectivity index (χ4v) is 6.83. The normalized spacial score (nSPS) is 16.4. The number of benzene rings is 5. The van der Waals surface area contributed by atoms with Crippen molar-refractivity contribution >= 4 is 38.4 Å². The van der Waals surface area contributed by atoms with Crippen molar-refractivity contribution in [1.82, 2.24) is 4.72 Å². The summed E-state index contributed by atoms with van der Waals surface area (Å²) in [6.07, 6.45) is 2.92. The van der Waals surface area contributed by atoms with Crippen molar-refractivity contribution in [3.8, 4) is 17.2 Å². The number of carboxylic acids is 1. The van der Waals surface area contributed by atoms with E-state index in [0.717, 1.165) is 29.4 Å². The minimum atomic E-state index is -3.54. The molecule has 0 spiro atoms. The maximum Gasteiger partial charge on any atom is 0.337 e. The highest BCUT2D eigenvalue weighted by molar-refractivity contribution is 7.89. The zero-order valence-electron chi connectivity index (χ0n) is 24.8. The van der Waals surface area contributed by atoms with Crippen LogP contribution in [0.3, 0.4) is 0 Å². The monoisotopic (exact) mass is 636 g/mol. The summed E-state index contributed by atoms with van der Waals surface area (Å²) in [6, 6.07) is 32.7. The molecule has 0 saturated heterocycles. The molecule has 6 rings (SSSR count). The number of amides is 1. The Labute approximate surface area is 266 Å². The Bertz CT molecular complexity index is 1970. The SMILES string of the molecule is O=C(Nc1ccccc1C(=O)O)c1ccc(Oc2ccc3cc(OC4CCC(NS(=O)(=O)c5ccccc5)CC4)ccc3c2)cc1. The van der Waals surface area contributed by atoms with Gasteiger partial charge in [0.2, 0.25) is 10.0 Å². The Balaban J connectivity index is 1.03. The predicted molar refractivity (Wildman–Crippen MR) is 175 cm³/mol. The van der Waals surface area contributed by atoms with E-state index in [0.29, 0.717) is 29.9 Å². The molecular formula is C36H32N2O7S. The van der Waals surface area contributed by atoms with Gasteiger partial charge in [-0.15, -0.1) is 0 Å². The molecule has 3 N–H and O–H groups in total. The van der Waals surface area contributed by atoms with Crippen LogP contribution >= 0.6 is 0 Å². The lowest BCUT2D eigenvalue weighted by Crippen LogP contribution is -2.39. The van der Waals surface area contributed by atoms with E-state index in [4.69, 9.17) is 9.47 Å². The molecule has 0 aliphatic heterocycles. The molecule has 0 aromatic heterocycles. The van der Waals surface area contributed by atoms with Crippen LogP contribution in [0.15, 0.2) is 120 Å². The molecule has 9 nitrogen and oxygen atoms in total. The van der Waals surface area contributed by atoms with Gasteiger partial charge in [0.25, 0.3) is 5.91 Å². The number of hydrogen-bond donors (Lipinski definition) is 3. The van der Waals surface area contributed by atoms with Gasteiger partial charge in [0.05, 0.1) is 22.3 Å². The highest BCUT2D eigenvalue weighted by Crippen LogP contribution is 2.31. The Morgan fingerprint density at radius 3 is 2.00 bits per heavy atom. The molecule has 0 bridgehead atoms. The molecule has 1 saturated carbocycles. The van der Waals surface area contributed by atoms with Crippen LogP contribution in [-0.2, 0) is 10.0 Å². The van der Waals surface area contributed by atoms with E-state index in [1.165, 1.54) is 6.07 Å². The average molecular weight is 637 g/mol. The quantitative estimate of drug-likeness (QED) is 0.147. The number of anilines is 1. The van der Waals surface area contributed by atoms with Crippen molar-refractivity contribution in [2.45, 2.75) is 42.7 Å². The van der Waals surface area contributed by atoms with Gasteiger partial charge in [-0.25, -0.2) is 17.9 Å². The largest absolute Gasteiger partial charge is 0.490 e. The molecule has 10 heteroatoms. The first kappa shape index (κ1) is 30.8. The number of para-hydroxylation sites is 1. The first-order valence-electron chi connectivity index (χ1n) is 14.9. The van der Waals surface area contributed by atoms with Gasteiger partial charge in [-0.3, -0.25) is 4.79 Å². The van der Waals surface area contributed by atoms with E-state index in [-0.39, 0.29) is 28.3 Å². The number of carbonyl (C=O) groups excluding carboxylic acids is 1. The van der Waals surface area contributed by atoms with Crippen LogP contribution in [0.1, 0.15) is 46.4 Å². The van der Waals surface area contributed by atoms with Gasteiger partial charge >= 0.3 is 5.97 Å². The highest BCUT2D eigenvalue weighted by atomic mass is 32.2. The first-order valence-corrected chi connectivity index (χ1v) is 16.4. The summed E-state index contributed by atoms with van der Waals surface area (Å²) in [5, 5.41) is 14.0. The van der Waals surface area contributed by atoms with Crippen LogP contribution in [0, 0.1) is 0 Å². The molecule has 5 aromatic carbocycles.